The van der Waals surface area contributed by atoms with Crippen LogP contribution in [0.1, 0.15) is 37.7 Å². The molecule has 0 spiro atoms. The fourth-order valence-electron chi connectivity index (χ4n) is 3.02. The van der Waals surface area contributed by atoms with Gasteiger partial charge in [0.05, 0.1) is 5.69 Å². The molecule has 1 aliphatic rings. The van der Waals surface area contributed by atoms with E-state index < -0.39 is 5.82 Å². The fraction of sp³-hybridized carbons (Fsp3) is 0.300. The minimum atomic E-state index is -0.513. The smallest absolute Gasteiger partial charge is 0.248 e. The van der Waals surface area contributed by atoms with Crippen LogP contribution in [0.3, 0.4) is 0 Å². The number of hydrogen-bond acceptors (Lipinski definition) is 3. The van der Waals surface area contributed by atoms with Gasteiger partial charge in [-0.05, 0) is 59.5 Å². The first-order valence-electron chi connectivity index (χ1n) is 8.73. The summed E-state index contributed by atoms with van der Waals surface area (Å²) in [5.41, 5.74) is 1.48. The molecule has 0 bridgehead atoms. The number of anilines is 2. The van der Waals surface area contributed by atoms with Gasteiger partial charge < -0.3 is 10.6 Å². The van der Waals surface area contributed by atoms with Crippen LogP contribution in [0.5, 0.6) is 0 Å². The van der Waals surface area contributed by atoms with E-state index in [0.717, 1.165) is 37.7 Å². The highest BCUT2D eigenvalue weighted by molar-refractivity contribution is 7.08. The predicted molar refractivity (Wildman–Crippen MR) is 104 cm³/mol. The monoisotopic (exact) mass is 372 g/mol. The Morgan fingerprint density at radius 3 is 2.65 bits per heavy atom. The van der Waals surface area contributed by atoms with E-state index in [0.29, 0.717) is 5.69 Å². The van der Waals surface area contributed by atoms with Gasteiger partial charge in [-0.1, -0.05) is 19.3 Å². The van der Waals surface area contributed by atoms with Gasteiger partial charge in [0.1, 0.15) is 5.82 Å². The number of hydrogen-bond donors (Lipinski definition) is 2. The van der Waals surface area contributed by atoms with E-state index in [1.54, 1.807) is 17.4 Å². The van der Waals surface area contributed by atoms with Crippen molar-refractivity contribution < 1.29 is 14.0 Å². The molecule has 6 heteroatoms. The Bertz CT molecular complexity index is 796. The van der Waals surface area contributed by atoms with Crippen LogP contribution >= 0.6 is 11.3 Å². The average molecular weight is 372 g/mol. The Morgan fingerprint density at radius 1 is 1.12 bits per heavy atom. The van der Waals surface area contributed by atoms with Crippen molar-refractivity contribution in [1.29, 1.82) is 0 Å². The Labute approximate surface area is 156 Å². The molecule has 2 aromatic rings. The lowest BCUT2D eigenvalue weighted by Gasteiger charge is -2.21. The van der Waals surface area contributed by atoms with E-state index in [9.17, 15) is 14.0 Å². The molecule has 1 heterocycles. The Morgan fingerprint density at radius 2 is 1.92 bits per heavy atom. The molecule has 0 aliphatic heterocycles. The second kappa shape index (κ2) is 8.76. The van der Waals surface area contributed by atoms with Gasteiger partial charge in [0.15, 0.2) is 0 Å². The lowest BCUT2D eigenvalue weighted by atomic mass is 9.88. The maximum absolute atomic E-state index is 14.0. The van der Waals surface area contributed by atoms with Crippen molar-refractivity contribution >= 4 is 40.6 Å². The molecule has 3 rings (SSSR count). The van der Waals surface area contributed by atoms with Gasteiger partial charge in [-0.2, -0.15) is 11.3 Å². The Hall–Kier alpha value is -2.47. The number of thiophene rings is 1. The van der Waals surface area contributed by atoms with Crippen LogP contribution < -0.4 is 10.6 Å². The van der Waals surface area contributed by atoms with Crippen LogP contribution in [0.4, 0.5) is 15.8 Å². The van der Waals surface area contributed by atoms with Crippen molar-refractivity contribution in [2.45, 2.75) is 32.1 Å². The van der Waals surface area contributed by atoms with Crippen molar-refractivity contribution in [1.82, 2.24) is 0 Å². The fourth-order valence-corrected chi connectivity index (χ4v) is 3.65. The molecule has 0 atom stereocenters. The molecule has 0 saturated heterocycles. The molecule has 1 aromatic heterocycles. The number of benzene rings is 1. The molecular formula is C20H21FN2O2S. The first-order chi connectivity index (χ1) is 12.6. The minimum absolute atomic E-state index is 0.0602. The molecule has 26 heavy (non-hydrogen) atoms. The average Bonchev–Trinajstić information content (AvgIpc) is 3.17. The van der Waals surface area contributed by atoms with Gasteiger partial charge in [0.2, 0.25) is 11.8 Å². The maximum atomic E-state index is 14.0. The summed E-state index contributed by atoms with van der Waals surface area (Å²) in [6.45, 7) is 0. The molecule has 4 nitrogen and oxygen atoms in total. The standard InChI is InChI=1S/C20H21FN2O2S/c21-17-8-7-16(22-19(24)9-6-14-10-11-26-13-14)12-18(17)23-20(25)15-4-2-1-3-5-15/h6-13,15H,1-5H2,(H,22,24)(H,23,25)/b9-6+. The Balaban J connectivity index is 1.63. The van der Waals surface area contributed by atoms with Crippen LogP contribution in [-0.2, 0) is 9.59 Å². The summed E-state index contributed by atoms with van der Waals surface area (Å²) < 4.78 is 14.0. The number of rotatable bonds is 5. The van der Waals surface area contributed by atoms with E-state index >= 15 is 0 Å². The SMILES string of the molecule is O=C(/C=C/c1ccsc1)Nc1ccc(F)c(NC(=O)C2CCCCC2)c1. The molecule has 1 aromatic carbocycles. The Kier molecular flexibility index (Phi) is 6.17. The summed E-state index contributed by atoms with van der Waals surface area (Å²) in [6, 6.07) is 6.08. The molecule has 2 N–H and O–H groups in total. The van der Waals surface area contributed by atoms with Crippen molar-refractivity contribution in [3.8, 4) is 0 Å². The second-order valence-corrected chi connectivity index (χ2v) is 7.18. The molecular weight excluding hydrogens is 351 g/mol. The largest absolute Gasteiger partial charge is 0.323 e. The number of carbonyl (C=O) groups is 2. The number of carbonyl (C=O) groups excluding carboxylic acids is 2. The predicted octanol–water partition coefficient (Wildman–Crippen LogP) is 5.06. The van der Waals surface area contributed by atoms with Crippen molar-refractivity contribution in [3.63, 3.8) is 0 Å². The summed E-state index contributed by atoms with van der Waals surface area (Å²) in [5.74, 6) is -1.03. The molecule has 0 unspecified atom stereocenters. The summed E-state index contributed by atoms with van der Waals surface area (Å²) in [4.78, 5) is 24.3. The lowest BCUT2D eigenvalue weighted by Crippen LogP contribution is -2.25. The third-order valence-corrected chi connectivity index (χ3v) is 5.14. The maximum Gasteiger partial charge on any atom is 0.248 e. The third-order valence-electron chi connectivity index (χ3n) is 4.44. The zero-order valence-electron chi connectivity index (χ0n) is 14.3. The summed E-state index contributed by atoms with van der Waals surface area (Å²) >= 11 is 1.55. The topological polar surface area (TPSA) is 58.2 Å². The van der Waals surface area contributed by atoms with Gasteiger partial charge in [-0.25, -0.2) is 4.39 Å². The van der Waals surface area contributed by atoms with Gasteiger partial charge in [-0.3, -0.25) is 9.59 Å². The molecule has 136 valence electrons. The number of nitrogens with one attached hydrogen (secondary N) is 2. The van der Waals surface area contributed by atoms with E-state index in [4.69, 9.17) is 0 Å². The highest BCUT2D eigenvalue weighted by atomic mass is 32.1. The van der Waals surface area contributed by atoms with E-state index in [-0.39, 0.29) is 23.4 Å². The zero-order valence-corrected chi connectivity index (χ0v) is 15.2. The van der Waals surface area contributed by atoms with E-state index in [1.165, 1.54) is 24.3 Å². The van der Waals surface area contributed by atoms with E-state index in [1.807, 2.05) is 16.8 Å². The number of amides is 2. The third kappa shape index (κ3) is 5.02. The van der Waals surface area contributed by atoms with Gasteiger partial charge in [-0.15, -0.1) is 0 Å². The molecule has 2 amide bonds. The normalized spacial score (nSPS) is 15.1. The first-order valence-corrected chi connectivity index (χ1v) is 9.68. The van der Waals surface area contributed by atoms with Crippen molar-refractivity contribution in [2.24, 2.45) is 5.92 Å². The van der Waals surface area contributed by atoms with Crippen LogP contribution in [0.2, 0.25) is 0 Å². The summed E-state index contributed by atoms with van der Waals surface area (Å²) in [5, 5.41) is 9.21. The van der Waals surface area contributed by atoms with E-state index in [2.05, 4.69) is 10.6 Å². The number of halogens is 1. The van der Waals surface area contributed by atoms with Crippen molar-refractivity contribution in [3.05, 3.63) is 52.5 Å². The quantitative estimate of drug-likeness (QED) is 0.721. The van der Waals surface area contributed by atoms with Crippen LogP contribution in [0, 0.1) is 11.7 Å². The summed E-state index contributed by atoms with van der Waals surface area (Å²) in [6.07, 6.45) is 8.04. The van der Waals surface area contributed by atoms with Crippen LogP contribution in [-0.4, -0.2) is 11.8 Å². The molecule has 1 saturated carbocycles. The van der Waals surface area contributed by atoms with Crippen LogP contribution in [0.25, 0.3) is 6.08 Å². The van der Waals surface area contributed by atoms with Gasteiger partial charge >= 0.3 is 0 Å². The molecule has 1 fully saturated rings. The zero-order chi connectivity index (χ0) is 18.4. The molecule has 0 radical (unpaired) electrons. The highest BCUT2D eigenvalue weighted by Gasteiger charge is 2.22. The van der Waals surface area contributed by atoms with Crippen LogP contribution in [0.15, 0.2) is 41.1 Å². The molecule has 1 aliphatic carbocycles. The summed E-state index contributed by atoms with van der Waals surface area (Å²) in [7, 11) is 0. The second-order valence-electron chi connectivity index (χ2n) is 6.40. The highest BCUT2D eigenvalue weighted by Crippen LogP contribution is 2.26. The lowest BCUT2D eigenvalue weighted by molar-refractivity contribution is -0.120. The minimum Gasteiger partial charge on any atom is -0.323 e. The van der Waals surface area contributed by atoms with Gasteiger partial charge in [0.25, 0.3) is 0 Å². The first kappa shape index (κ1) is 18.3. The van der Waals surface area contributed by atoms with Crippen molar-refractivity contribution in [2.75, 3.05) is 10.6 Å². The van der Waals surface area contributed by atoms with Gasteiger partial charge in [0, 0.05) is 17.7 Å².